The van der Waals surface area contributed by atoms with Gasteiger partial charge in [0, 0.05) is 42.2 Å². The maximum atomic E-state index is 13.6. The summed E-state index contributed by atoms with van der Waals surface area (Å²) in [6.45, 7) is 5.06. The van der Waals surface area contributed by atoms with Gasteiger partial charge in [-0.15, -0.1) is 0 Å². The summed E-state index contributed by atoms with van der Waals surface area (Å²) >= 11 is 0. The van der Waals surface area contributed by atoms with Crippen molar-refractivity contribution in [3.8, 4) is 40.1 Å². The van der Waals surface area contributed by atoms with Gasteiger partial charge in [-0.2, -0.15) is 0 Å². The number of fused-ring (bicyclic) bond motifs is 1. The summed E-state index contributed by atoms with van der Waals surface area (Å²) in [6, 6.07) is 13.8. The first-order valence-electron chi connectivity index (χ1n) is 17.7. The second kappa shape index (κ2) is 19.1. The maximum Gasteiger partial charge on any atom is 0.330 e. The van der Waals surface area contributed by atoms with Gasteiger partial charge in [0.25, 0.3) is 0 Å². The molecular weight excluding hydrogens is 736 g/mol. The lowest BCUT2D eigenvalue weighted by Crippen LogP contribution is -2.48. The molecule has 3 aromatic carbocycles. The first kappa shape index (κ1) is 43.5. The second-order valence-electron chi connectivity index (χ2n) is 13.7. The topological polar surface area (TPSA) is 277 Å². The molecule has 0 saturated heterocycles. The zero-order chi connectivity index (χ0) is 41.4. The van der Waals surface area contributed by atoms with Crippen LogP contribution >= 0.6 is 0 Å². The molecule has 5 unspecified atom stereocenters. The van der Waals surface area contributed by atoms with Crippen LogP contribution in [0.1, 0.15) is 33.3 Å². The lowest BCUT2D eigenvalue weighted by molar-refractivity contribution is -0.144. The Morgan fingerprint density at radius 1 is 0.714 bits per heavy atom. The molecule has 56 heavy (non-hydrogen) atoms. The highest BCUT2D eigenvalue weighted by molar-refractivity contribution is 5.88. The highest BCUT2D eigenvalue weighted by atomic mass is 16.5. The van der Waals surface area contributed by atoms with E-state index in [0.717, 1.165) is 18.2 Å². The number of esters is 1. The number of benzene rings is 3. The van der Waals surface area contributed by atoms with Gasteiger partial charge in [-0.05, 0) is 61.9 Å². The zero-order valence-corrected chi connectivity index (χ0v) is 31.0. The number of hydrogen-bond acceptors (Lipinski definition) is 16. The first-order valence-corrected chi connectivity index (χ1v) is 17.7. The summed E-state index contributed by atoms with van der Waals surface area (Å²) in [4.78, 5) is 26.0. The lowest BCUT2D eigenvalue weighted by Gasteiger charge is -2.30. The van der Waals surface area contributed by atoms with Gasteiger partial charge >= 0.3 is 5.97 Å². The van der Waals surface area contributed by atoms with Gasteiger partial charge in [0.1, 0.15) is 70.6 Å². The molecule has 0 aliphatic carbocycles. The van der Waals surface area contributed by atoms with Crippen molar-refractivity contribution in [2.24, 2.45) is 11.8 Å². The van der Waals surface area contributed by atoms with Crippen LogP contribution in [0.15, 0.2) is 76.0 Å². The third kappa shape index (κ3) is 10.6. The summed E-state index contributed by atoms with van der Waals surface area (Å²) < 4.78 is 22.5. The molecule has 4 aromatic rings. The fourth-order valence-corrected chi connectivity index (χ4v) is 5.64. The predicted molar refractivity (Wildman–Crippen MR) is 201 cm³/mol. The second-order valence-corrected chi connectivity index (χ2v) is 13.7. The normalized spacial score (nSPS) is 17.3. The molecule has 10 atom stereocenters. The molecule has 304 valence electrons. The van der Waals surface area contributed by atoms with E-state index in [1.165, 1.54) is 58.0 Å². The van der Waals surface area contributed by atoms with Crippen LogP contribution in [0.3, 0.4) is 0 Å². The first-order chi connectivity index (χ1) is 26.4. The standard InChI is InChI=1S/C40H48O16/c1-19(17-41)32(46)37(51)34(48)21(3)54-27-12-5-23(6-13-27)7-14-30(45)53-18-20(2)33(47)38(52)35(49)22(4)55-40-36(50)31-28(44)15-26(43)16-29(31)56-39(40)24-8-10-25(42)11-9-24/h5-16,19-22,32-35,37-38,41-44,46-49,51-52H,17-18H2,1-4H3/b14-7+/t19-,20-,21?,22-,32-,33-,34?,35?,37?,38?/m1/s1. The Morgan fingerprint density at radius 2 is 1.29 bits per heavy atom. The Hall–Kier alpha value is -5.20. The quantitative estimate of drug-likeness (QED) is 0.0509. The number of ether oxygens (including phenoxy) is 3. The van der Waals surface area contributed by atoms with Crippen molar-refractivity contribution < 1.29 is 74.5 Å². The van der Waals surface area contributed by atoms with Crippen LogP contribution in [-0.4, -0.2) is 119 Å². The summed E-state index contributed by atoms with van der Waals surface area (Å²) in [5.41, 5.74) is -0.228. The monoisotopic (exact) mass is 784 g/mol. The number of phenols is 3. The number of aliphatic hydroxyl groups excluding tert-OH is 7. The lowest BCUT2D eigenvalue weighted by atomic mass is 9.95. The largest absolute Gasteiger partial charge is 0.508 e. The Labute approximate surface area is 321 Å². The third-order valence-electron chi connectivity index (χ3n) is 9.27. The van der Waals surface area contributed by atoms with Gasteiger partial charge in [0.2, 0.25) is 11.2 Å². The summed E-state index contributed by atoms with van der Waals surface area (Å²) in [6.07, 6.45) is -9.38. The number of carbonyl (C=O) groups is 1. The molecule has 0 bridgehead atoms. The fraction of sp³-hybridized carbons (Fsp3) is 0.400. The van der Waals surface area contributed by atoms with E-state index >= 15 is 0 Å². The van der Waals surface area contributed by atoms with Crippen molar-refractivity contribution in [2.75, 3.05) is 13.2 Å². The molecule has 0 spiro atoms. The molecular formula is C40H48O16. The molecule has 0 aliphatic heterocycles. The van der Waals surface area contributed by atoms with Crippen molar-refractivity contribution in [3.63, 3.8) is 0 Å². The van der Waals surface area contributed by atoms with E-state index in [0.29, 0.717) is 11.3 Å². The molecule has 0 fully saturated rings. The van der Waals surface area contributed by atoms with Gasteiger partial charge in [0.15, 0.2) is 5.76 Å². The Bertz CT molecular complexity index is 1990. The van der Waals surface area contributed by atoms with Crippen LogP contribution in [0.2, 0.25) is 0 Å². The highest BCUT2D eigenvalue weighted by Crippen LogP contribution is 2.37. The van der Waals surface area contributed by atoms with Gasteiger partial charge in [0.05, 0.1) is 18.8 Å². The van der Waals surface area contributed by atoms with E-state index in [1.807, 2.05) is 0 Å². The molecule has 16 heteroatoms. The van der Waals surface area contributed by atoms with Gasteiger partial charge < -0.3 is 69.7 Å². The van der Waals surface area contributed by atoms with Crippen molar-refractivity contribution in [1.82, 2.24) is 0 Å². The van der Waals surface area contributed by atoms with Crippen LogP contribution in [-0.2, 0) is 9.53 Å². The number of hydrogen-bond donors (Lipinski definition) is 10. The van der Waals surface area contributed by atoms with Crippen molar-refractivity contribution in [3.05, 3.63) is 82.5 Å². The van der Waals surface area contributed by atoms with Crippen LogP contribution in [0.5, 0.6) is 28.7 Å². The molecule has 0 radical (unpaired) electrons. The predicted octanol–water partition coefficient (Wildman–Crippen LogP) is 1.80. The summed E-state index contributed by atoms with van der Waals surface area (Å²) in [5.74, 6) is -3.72. The molecule has 1 aromatic heterocycles. The number of aromatic hydroxyl groups is 3. The highest BCUT2D eigenvalue weighted by Gasteiger charge is 2.36. The van der Waals surface area contributed by atoms with Crippen molar-refractivity contribution >= 4 is 23.0 Å². The number of rotatable bonds is 18. The maximum absolute atomic E-state index is 13.6. The van der Waals surface area contributed by atoms with E-state index in [2.05, 4.69) is 0 Å². The van der Waals surface area contributed by atoms with Crippen LogP contribution in [0.25, 0.3) is 28.4 Å². The molecule has 0 saturated carbocycles. The number of aliphatic hydroxyl groups is 7. The van der Waals surface area contributed by atoms with Crippen LogP contribution < -0.4 is 14.9 Å². The summed E-state index contributed by atoms with van der Waals surface area (Å²) in [7, 11) is 0. The molecule has 10 N–H and O–H groups in total. The minimum atomic E-state index is -1.86. The molecule has 16 nitrogen and oxygen atoms in total. The zero-order valence-electron chi connectivity index (χ0n) is 31.0. The Balaban J connectivity index is 1.34. The SMILES string of the molecule is CC(Oc1ccc(/C=C/C(=O)OC[C@@H](C)[C@@H](O)C(O)C(O)[C@@H](C)Oc2c(-c3ccc(O)cc3)oc3cc(O)cc(O)c3c2=O)cc1)C(O)C(O)[C@H](O)[C@H](C)CO. The number of carbonyl (C=O) groups excluding carboxylic acids is 1. The van der Waals surface area contributed by atoms with E-state index in [1.54, 1.807) is 24.3 Å². The van der Waals surface area contributed by atoms with E-state index in [-0.39, 0.29) is 47.0 Å². The summed E-state index contributed by atoms with van der Waals surface area (Å²) in [5, 5.41) is 102. The van der Waals surface area contributed by atoms with Crippen molar-refractivity contribution in [2.45, 2.75) is 76.5 Å². The average Bonchev–Trinajstić information content (AvgIpc) is 3.18. The van der Waals surface area contributed by atoms with E-state index in [4.69, 9.17) is 18.6 Å². The number of phenolic OH excluding ortho intramolecular Hbond substituents is 3. The average molecular weight is 785 g/mol. The third-order valence-corrected chi connectivity index (χ3v) is 9.27. The van der Waals surface area contributed by atoms with Crippen LogP contribution in [0, 0.1) is 11.8 Å². The fourth-order valence-electron chi connectivity index (χ4n) is 5.64. The smallest absolute Gasteiger partial charge is 0.330 e. The Morgan fingerprint density at radius 3 is 1.88 bits per heavy atom. The molecule has 4 rings (SSSR count). The van der Waals surface area contributed by atoms with E-state index in [9.17, 15) is 60.7 Å². The molecule has 1 heterocycles. The molecule has 0 aliphatic rings. The van der Waals surface area contributed by atoms with Gasteiger partial charge in [-0.3, -0.25) is 4.79 Å². The van der Waals surface area contributed by atoms with E-state index < -0.39 is 83.6 Å². The minimum absolute atomic E-state index is 0.0834. The molecule has 0 amide bonds. The van der Waals surface area contributed by atoms with Gasteiger partial charge in [-0.25, -0.2) is 4.79 Å². The van der Waals surface area contributed by atoms with Gasteiger partial charge in [-0.1, -0.05) is 26.0 Å². The van der Waals surface area contributed by atoms with Crippen molar-refractivity contribution in [1.29, 1.82) is 0 Å². The minimum Gasteiger partial charge on any atom is -0.508 e. The Kier molecular flexibility index (Phi) is 14.8. The van der Waals surface area contributed by atoms with Crippen LogP contribution in [0.4, 0.5) is 0 Å².